The summed E-state index contributed by atoms with van der Waals surface area (Å²) in [4.78, 5) is 12.0. The smallest absolute Gasteiger partial charge is 0.315 e. The molecule has 1 aromatic heterocycles. The first-order valence-corrected chi connectivity index (χ1v) is 8.18. The van der Waals surface area contributed by atoms with E-state index in [2.05, 4.69) is 29.6 Å². The number of aromatic nitrogens is 2. The first-order valence-electron chi connectivity index (χ1n) is 8.18. The fraction of sp³-hybridized carbons (Fsp3) is 0.444. The van der Waals surface area contributed by atoms with Crippen LogP contribution in [0.25, 0.3) is 0 Å². The van der Waals surface area contributed by atoms with Crippen LogP contribution in [-0.4, -0.2) is 22.4 Å². The van der Waals surface area contributed by atoms with Crippen molar-refractivity contribution < 1.29 is 9.53 Å². The van der Waals surface area contributed by atoms with Gasteiger partial charge in [-0.2, -0.15) is 5.10 Å². The lowest BCUT2D eigenvalue weighted by Crippen LogP contribution is -2.36. The Bertz CT molecular complexity index is 667. The Hall–Kier alpha value is -2.50. The molecular formula is C18H26N4O2. The molecule has 2 aromatic rings. The summed E-state index contributed by atoms with van der Waals surface area (Å²) in [5.74, 6) is 1.30. The van der Waals surface area contributed by atoms with Crippen LogP contribution in [0.15, 0.2) is 36.7 Å². The summed E-state index contributed by atoms with van der Waals surface area (Å²) in [6, 6.07) is 7.47. The third-order valence-electron chi connectivity index (χ3n) is 3.51. The highest BCUT2D eigenvalue weighted by molar-refractivity contribution is 5.74. The van der Waals surface area contributed by atoms with Crippen molar-refractivity contribution in [1.82, 2.24) is 20.4 Å². The summed E-state index contributed by atoms with van der Waals surface area (Å²) in [6.07, 6.45) is 3.64. The number of benzene rings is 1. The third kappa shape index (κ3) is 5.61. The molecule has 6 nitrogen and oxygen atoms in total. The summed E-state index contributed by atoms with van der Waals surface area (Å²) in [5, 5.41) is 9.87. The van der Waals surface area contributed by atoms with Crippen LogP contribution < -0.4 is 15.4 Å². The van der Waals surface area contributed by atoms with E-state index in [9.17, 15) is 4.79 Å². The summed E-state index contributed by atoms with van der Waals surface area (Å²) in [6.45, 7) is 7.28. The molecule has 0 aliphatic heterocycles. The van der Waals surface area contributed by atoms with Crippen molar-refractivity contribution in [2.24, 2.45) is 13.0 Å². The van der Waals surface area contributed by atoms with Gasteiger partial charge in [-0.05, 0) is 30.5 Å². The molecule has 0 radical (unpaired) electrons. The van der Waals surface area contributed by atoms with Gasteiger partial charge < -0.3 is 15.4 Å². The number of hydrogen-bond acceptors (Lipinski definition) is 3. The van der Waals surface area contributed by atoms with E-state index in [1.54, 1.807) is 10.9 Å². The quantitative estimate of drug-likeness (QED) is 0.820. The van der Waals surface area contributed by atoms with Crippen LogP contribution in [0.5, 0.6) is 5.75 Å². The third-order valence-corrected chi connectivity index (χ3v) is 3.51. The highest BCUT2D eigenvalue weighted by Crippen LogP contribution is 2.14. The van der Waals surface area contributed by atoms with Gasteiger partial charge in [0.2, 0.25) is 0 Å². The molecule has 0 fully saturated rings. The second kappa shape index (κ2) is 8.38. The molecule has 0 saturated heterocycles. The molecule has 2 rings (SSSR count). The van der Waals surface area contributed by atoms with Crippen LogP contribution in [0.2, 0.25) is 0 Å². The zero-order valence-corrected chi connectivity index (χ0v) is 14.7. The summed E-state index contributed by atoms with van der Waals surface area (Å²) < 4.78 is 7.42. The monoisotopic (exact) mass is 330 g/mol. The van der Waals surface area contributed by atoms with Crippen molar-refractivity contribution in [2.75, 3.05) is 6.61 Å². The maximum absolute atomic E-state index is 12.0. The number of urea groups is 1. The molecule has 1 heterocycles. The largest absolute Gasteiger partial charge is 0.493 e. The number of ether oxygens (including phenoxy) is 1. The SMILES string of the molecule is CC(C)COc1cccc(CNC(=O)N[C@@H](C)c2cnn(C)c2)c1. The van der Waals surface area contributed by atoms with E-state index in [-0.39, 0.29) is 12.1 Å². The average molecular weight is 330 g/mol. The molecule has 1 atom stereocenters. The van der Waals surface area contributed by atoms with E-state index in [0.29, 0.717) is 19.1 Å². The van der Waals surface area contributed by atoms with Crippen LogP contribution >= 0.6 is 0 Å². The number of carbonyl (C=O) groups excluding carboxylic acids is 1. The minimum Gasteiger partial charge on any atom is -0.493 e. The van der Waals surface area contributed by atoms with E-state index in [4.69, 9.17) is 4.74 Å². The van der Waals surface area contributed by atoms with Gasteiger partial charge in [0.1, 0.15) is 5.75 Å². The van der Waals surface area contributed by atoms with Crippen LogP contribution in [-0.2, 0) is 13.6 Å². The highest BCUT2D eigenvalue weighted by atomic mass is 16.5. The van der Waals surface area contributed by atoms with Crippen molar-refractivity contribution >= 4 is 6.03 Å². The molecule has 130 valence electrons. The fourth-order valence-corrected chi connectivity index (χ4v) is 2.19. The summed E-state index contributed by atoms with van der Waals surface area (Å²) in [7, 11) is 1.85. The van der Waals surface area contributed by atoms with Crippen LogP contribution in [0.4, 0.5) is 4.79 Å². The van der Waals surface area contributed by atoms with Crippen LogP contribution in [0, 0.1) is 5.92 Å². The number of carbonyl (C=O) groups is 1. The average Bonchev–Trinajstić information content (AvgIpc) is 2.98. The van der Waals surface area contributed by atoms with Gasteiger partial charge >= 0.3 is 6.03 Å². The van der Waals surface area contributed by atoms with Gasteiger partial charge in [-0.15, -0.1) is 0 Å². The Morgan fingerprint density at radius 2 is 2.12 bits per heavy atom. The van der Waals surface area contributed by atoms with Crippen molar-refractivity contribution in [1.29, 1.82) is 0 Å². The number of nitrogens with one attached hydrogen (secondary N) is 2. The number of aryl methyl sites for hydroxylation is 1. The Kier molecular flexibility index (Phi) is 6.23. The number of nitrogens with zero attached hydrogens (tertiary/aromatic N) is 2. The van der Waals surface area contributed by atoms with Gasteiger partial charge in [0.05, 0.1) is 18.8 Å². The minimum atomic E-state index is -0.208. The van der Waals surface area contributed by atoms with Gasteiger partial charge in [0.25, 0.3) is 0 Å². The minimum absolute atomic E-state index is 0.0978. The van der Waals surface area contributed by atoms with Gasteiger partial charge in [-0.3, -0.25) is 4.68 Å². The Morgan fingerprint density at radius 1 is 1.33 bits per heavy atom. The fourth-order valence-electron chi connectivity index (χ4n) is 2.19. The molecule has 2 N–H and O–H groups in total. The molecule has 0 aliphatic carbocycles. The number of rotatable bonds is 7. The van der Waals surface area contributed by atoms with Gasteiger partial charge in [0.15, 0.2) is 0 Å². The molecule has 24 heavy (non-hydrogen) atoms. The molecule has 6 heteroatoms. The maximum Gasteiger partial charge on any atom is 0.315 e. The molecule has 0 spiro atoms. The lowest BCUT2D eigenvalue weighted by atomic mass is 10.2. The van der Waals surface area contributed by atoms with Crippen molar-refractivity contribution in [3.63, 3.8) is 0 Å². The summed E-state index contributed by atoms with van der Waals surface area (Å²) >= 11 is 0. The predicted octanol–water partition coefficient (Wildman–Crippen LogP) is 3.02. The van der Waals surface area contributed by atoms with E-state index in [1.807, 2.05) is 44.4 Å². The zero-order valence-electron chi connectivity index (χ0n) is 14.7. The lowest BCUT2D eigenvalue weighted by Gasteiger charge is -2.14. The van der Waals surface area contributed by atoms with E-state index >= 15 is 0 Å². The molecule has 1 aromatic carbocycles. The Morgan fingerprint density at radius 3 is 2.79 bits per heavy atom. The van der Waals surface area contributed by atoms with Crippen molar-refractivity contribution in [3.8, 4) is 5.75 Å². The molecule has 0 unspecified atom stereocenters. The van der Waals surface area contributed by atoms with E-state index in [1.165, 1.54) is 0 Å². The van der Waals surface area contributed by atoms with Crippen LogP contribution in [0.1, 0.15) is 37.9 Å². The lowest BCUT2D eigenvalue weighted by molar-refractivity contribution is 0.237. The van der Waals surface area contributed by atoms with Gasteiger partial charge in [0, 0.05) is 25.4 Å². The standard InChI is InChI=1S/C18H26N4O2/c1-13(2)12-24-17-7-5-6-15(8-17)9-19-18(23)21-14(3)16-10-20-22(4)11-16/h5-8,10-11,13-14H,9,12H2,1-4H3,(H2,19,21,23)/t14-/m0/s1. The number of hydrogen-bond donors (Lipinski definition) is 2. The van der Waals surface area contributed by atoms with E-state index in [0.717, 1.165) is 16.9 Å². The second-order valence-electron chi connectivity index (χ2n) is 6.35. The highest BCUT2D eigenvalue weighted by Gasteiger charge is 2.10. The Labute approximate surface area is 143 Å². The predicted molar refractivity (Wildman–Crippen MR) is 93.8 cm³/mol. The van der Waals surface area contributed by atoms with Gasteiger partial charge in [-0.1, -0.05) is 26.0 Å². The van der Waals surface area contributed by atoms with E-state index < -0.39 is 0 Å². The van der Waals surface area contributed by atoms with Crippen molar-refractivity contribution in [3.05, 3.63) is 47.8 Å². The number of amides is 2. The topological polar surface area (TPSA) is 68.2 Å². The molecule has 0 bridgehead atoms. The van der Waals surface area contributed by atoms with Crippen LogP contribution in [0.3, 0.4) is 0 Å². The first kappa shape index (κ1) is 17.8. The Balaban J connectivity index is 1.82. The zero-order chi connectivity index (χ0) is 17.5. The maximum atomic E-state index is 12.0. The van der Waals surface area contributed by atoms with Crippen molar-refractivity contribution in [2.45, 2.75) is 33.4 Å². The molecular weight excluding hydrogens is 304 g/mol. The van der Waals surface area contributed by atoms with Gasteiger partial charge in [-0.25, -0.2) is 4.79 Å². The molecule has 2 amide bonds. The normalized spacial score (nSPS) is 12.0. The summed E-state index contributed by atoms with van der Waals surface area (Å²) in [5.41, 5.74) is 1.97. The molecule has 0 saturated carbocycles. The molecule has 0 aliphatic rings. The second-order valence-corrected chi connectivity index (χ2v) is 6.35. The first-order chi connectivity index (χ1) is 11.4.